The van der Waals surface area contributed by atoms with E-state index in [0.29, 0.717) is 39.2 Å². The summed E-state index contributed by atoms with van der Waals surface area (Å²) in [5.74, 6) is -0.257. The van der Waals surface area contributed by atoms with Gasteiger partial charge in [-0.1, -0.05) is 18.2 Å². The van der Waals surface area contributed by atoms with Crippen LogP contribution in [0.2, 0.25) is 0 Å². The number of likely N-dealkylation sites (tertiary alicyclic amines) is 1. The third kappa shape index (κ3) is 5.56. The molecule has 0 aromatic heterocycles. The zero-order chi connectivity index (χ0) is 16.7. The van der Waals surface area contributed by atoms with Gasteiger partial charge in [0.2, 0.25) is 5.91 Å². The smallest absolute Gasteiger partial charge is 0.307 e. The van der Waals surface area contributed by atoms with Gasteiger partial charge in [-0.25, -0.2) is 0 Å². The normalized spacial score (nSPS) is 17.9. The van der Waals surface area contributed by atoms with Gasteiger partial charge in [0.25, 0.3) is 0 Å². The first kappa shape index (κ1) is 17.3. The molecule has 0 radical (unpaired) electrons. The topological polar surface area (TPSA) is 70.1 Å². The third-order valence-corrected chi connectivity index (χ3v) is 4.06. The summed E-state index contributed by atoms with van der Waals surface area (Å²) in [6, 6.07) is 9.59. The van der Waals surface area contributed by atoms with Crippen LogP contribution in [0.4, 0.5) is 0 Å². The van der Waals surface area contributed by atoms with E-state index in [1.54, 1.807) is 11.9 Å². The van der Waals surface area contributed by atoms with Crippen molar-refractivity contribution in [3.8, 4) is 5.75 Å². The number of rotatable bonds is 8. The molecule has 1 aromatic rings. The van der Waals surface area contributed by atoms with Crippen molar-refractivity contribution in [2.45, 2.75) is 12.8 Å². The molecule has 6 heteroatoms. The molecule has 126 valence electrons. The maximum atomic E-state index is 12.1. The lowest BCUT2D eigenvalue weighted by atomic mass is 10.1. The highest BCUT2D eigenvalue weighted by atomic mass is 16.5. The highest BCUT2D eigenvalue weighted by molar-refractivity contribution is 5.78. The molecular formula is C17H24N2O4. The van der Waals surface area contributed by atoms with Crippen LogP contribution in [0.15, 0.2) is 30.3 Å². The van der Waals surface area contributed by atoms with Crippen molar-refractivity contribution in [2.75, 3.05) is 39.8 Å². The fourth-order valence-electron chi connectivity index (χ4n) is 2.62. The van der Waals surface area contributed by atoms with Crippen molar-refractivity contribution in [3.05, 3.63) is 30.3 Å². The molecular weight excluding hydrogens is 296 g/mol. The SMILES string of the molecule is CN(CCCOc1ccccc1)C(=O)CN1CCC(C(=O)O)C1. The van der Waals surface area contributed by atoms with E-state index in [2.05, 4.69) is 0 Å². The second-order valence-electron chi connectivity index (χ2n) is 5.89. The molecule has 1 atom stereocenters. The molecule has 0 spiro atoms. The molecule has 2 rings (SSSR count). The van der Waals surface area contributed by atoms with Gasteiger partial charge in [0, 0.05) is 20.1 Å². The van der Waals surface area contributed by atoms with E-state index in [4.69, 9.17) is 9.84 Å². The number of hydrogen-bond acceptors (Lipinski definition) is 4. The van der Waals surface area contributed by atoms with Gasteiger partial charge < -0.3 is 14.7 Å². The zero-order valence-corrected chi connectivity index (χ0v) is 13.5. The molecule has 0 aliphatic carbocycles. The molecule has 1 heterocycles. The first-order chi connectivity index (χ1) is 11.1. The number of carboxylic acids is 1. The van der Waals surface area contributed by atoms with Crippen molar-refractivity contribution >= 4 is 11.9 Å². The summed E-state index contributed by atoms with van der Waals surface area (Å²) in [6.45, 7) is 2.62. The molecule has 0 bridgehead atoms. The van der Waals surface area contributed by atoms with Crippen LogP contribution in [-0.4, -0.2) is 66.6 Å². The Morgan fingerprint density at radius 1 is 1.35 bits per heavy atom. The molecule has 1 N–H and O–H groups in total. The number of para-hydroxylation sites is 1. The summed E-state index contributed by atoms with van der Waals surface area (Å²) >= 11 is 0. The number of nitrogens with zero attached hydrogens (tertiary/aromatic N) is 2. The fraction of sp³-hybridized carbons (Fsp3) is 0.529. The van der Waals surface area contributed by atoms with Crippen LogP contribution in [-0.2, 0) is 9.59 Å². The molecule has 1 unspecified atom stereocenters. The van der Waals surface area contributed by atoms with Crippen LogP contribution in [0, 0.1) is 5.92 Å². The molecule has 23 heavy (non-hydrogen) atoms. The second-order valence-corrected chi connectivity index (χ2v) is 5.89. The average Bonchev–Trinajstić information content (AvgIpc) is 3.01. The van der Waals surface area contributed by atoms with Crippen molar-refractivity contribution in [2.24, 2.45) is 5.92 Å². The lowest BCUT2D eigenvalue weighted by Crippen LogP contribution is -2.38. The number of likely N-dealkylation sites (N-methyl/N-ethyl adjacent to an activating group) is 1. The Hall–Kier alpha value is -2.08. The van der Waals surface area contributed by atoms with Gasteiger partial charge in [-0.2, -0.15) is 0 Å². The number of carbonyl (C=O) groups is 2. The van der Waals surface area contributed by atoms with Crippen LogP contribution in [0.1, 0.15) is 12.8 Å². The Labute approximate surface area is 136 Å². The van der Waals surface area contributed by atoms with E-state index in [9.17, 15) is 9.59 Å². The molecule has 1 fully saturated rings. The van der Waals surface area contributed by atoms with Crippen LogP contribution in [0.25, 0.3) is 0 Å². The zero-order valence-electron chi connectivity index (χ0n) is 13.5. The largest absolute Gasteiger partial charge is 0.494 e. The highest BCUT2D eigenvalue weighted by Gasteiger charge is 2.29. The minimum atomic E-state index is -0.772. The van der Waals surface area contributed by atoms with Crippen molar-refractivity contribution in [3.63, 3.8) is 0 Å². The van der Waals surface area contributed by atoms with E-state index in [1.165, 1.54) is 0 Å². The number of amides is 1. The van der Waals surface area contributed by atoms with E-state index < -0.39 is 5.97 Å². The van der Waals surface area contributed by atoms with Crippen LogP contribution < -0.4 is 4.74 Å². The van der Waals surface area contributed by atoms with Gasteiger partial charge >= 0.3 is 5.97 Å². The monoisotopic (exact) mass is 320 g/mol. The molecule has 1 aliphatic rings. The molecule has 6 nitrogen and oxygen atoms in total. The summed E-state index contributed by atoms with van der Waals surface area (Å²) in [5.41, 5.74) is 0. The van der Waals surface area contributed by atoms with Crippen molar-refractivity contribution < 1.29 is 19.4 Å². The summed E-state index contributed by atoms with van der Waals surface area (Å²) < 4.78 is 5.60. The Morgan fingerprint density at radius 2 is 2.09 bits per heavy atom. The number of ether oxygens (including phenoxy) is 1. The van der Waals surface area contributed by atoms with Gasteiger partial charge in [-0.3, -0.25) is 14.5 Å². The molecule has 0 saturated carbocycles. The summed E-state index contributed by atoms with van der Waals surface area (Å²) in [7, 11) is 1.77. The van der Waals surface area contributed by atoms with Crippen molar-refractivity contribution in [1.82, 2.24) is 9.80 Å². The maximum Gasteiger partial charge on any atom is 0.307 e. The number of benzene rings is 1. The highest BCUT2D eigenvalue weighted by Crippen LogP contribution is 2.16. The van der Waals surface area contributed by atoms with Crippen molar-refractivity contribution in [1.29, 1.82) is 0 Å². The lowest BCUT2D eigenvalue weighted by molar-refractivity contribution is -0.141. The predicted molar refractivity (Wildman–Crippen MR) is 86.4 cm³/mol. The van der Waals surface area contributed by atoms with Gasteiger partial charge in [-0.15, -0.1) is 0 Å². The Bertz CT molecular complexity index is 521. The summed E-state index contributed by atoms with van der Waals surface area (Å²) in [5, 5.41) is 8.98. The van der Waals surface area contributed by atoms with E-state index in [1.807, 2.05) is 35.2 Å². The Morgan fingerprint density at radius 3 is 2.74 bits per heavy atom. The fourth-order valence-corrected chi connectivity index (χ4v) is 2.62. The van der Waals surface area contributed by atoms with Gasteiger partial charge in [0.1, 0.15) is 5.75 Å². The average molecular weight is 320 g/mol. The van der Waals surface area contributed by atoms with Crippen LogP contribution >= 0.6 is 0 Å². The molecule has 1 amide bonds. The Balaban J connectivity index is 1.62. The summed E-state index contributed by atoms with van der Waals surface area (Å²) in [4.78, 5) is 26.7. The number of carbonyl (C=O) groups excluding carboxylic acids is 1. The van der Waals surface area contributed by atoms with Gasteiger partial charge in [0.15, 0.2) is 0 Å². The van der Waals surface area contributed by atoms with Crippen LogP contribution in [0.5, 0.6) is 5.75 Å². The second kappa shape index (κ2) is 8.53. The molecule has 1 aromatic carbocycles. The summed E-state index contributed by atoms with van der Waals surface area (Å²) in [6.07, 6.45) is 1.38. The van der Waals surface area contributed by atoms with E-state index in [-0.39, 0.29) is 11.8 Å². The van der Waals surface area contributed by atoms with E-state index in [0.717, 1.165) is 12.2 Å². The van der Waals surface area contributed by atoms with Crippen LogP contribution in [0.3, 0.4) is 0 Å². The maximum absolute atomic E-state index is 12.1. The number of aliphatic carboxylic acids is 1. The first-order valence-corrected chi connectivity index (χ1v) is 7.93. The molecule has 1 aliphatic heterocycles. The minimum Gasteiger partial charge on any atom is -0.494 e. The third-order valence-electron chi connectivity index (χ3n) is 4.06. The quantitative estimate of drug-likeness (QED) is 0.732. The van der Waals surface area contributed by atoms with Gasteiger partial charge in [-0.05, 0) is 31.5 Å². The van der Waals surface area contributed by atoms with Gasteiger partial charge in [0.05, 0.1) is 19.1 Å². The predicted octanol–water partition coefficient (Wildman–Crippen LogP) is 1.32. The molecule has 1 saturated heterocycles. The first-order valence-electron chi connectivity index (χ1n) is 7.93. The standard InChI is InChI=1S/C17H24N2O4/c1-18(9-5-11-23-15-6-3-2-4-7-15)16(20)13-19-10-8-14(12-19)17(21)22/h2-4,6-7,14H,5,8-13H2,1H3,(H,21,22). The Kier molecular flexibility index (Phi) is 6.40. The number of hydrogen-bond donors (Lipinski definition) is 1. The van der Waals surface area contributed by atoms with E-state index >= 15 is 0 Å². The lowest BCUT2D eigenvalue weighted by Gasteiger charge is -2.21. The number of carboxylic acid groups (broad SMARTS) is 1. The minimum absolute atomic E-state index is 0.0238.